The molecule has 3 N–H and O–H groups in total. The van der Waals surface area contributed by atoms with E-state index in [9.17, 15) is 23.7 Å². The Morgan fingerprint density at radius 3 is 2.56 bits per heavy atom. The van der Waals surface area contributed by atoms with Gasteiger partial charge in [0, 0.05) is 11.6 Å². The van der Waals surface area contributed by atoms with Crippen molar-refractivity contribution in [2.75, 3.05) is 5.73 Å². The van der Waals surface area contributed by atoms with Crippen molar-refractivity contribution in [2.24, 2.45) is 0 Å². The topological polar surface area (TPSA) is 119 Å². The Morgan fingerprint density at radius 1 is 1.62 bits per heavy atom. The number of carboxylic acid groups (broad SMARTS) is 1. The van der Waals surface area contributed by atoms with E-state index in [-0.39, 0.29) is 0 Å². The van der Waals surface area contributed by atoms with Crippen molar-refractivity contribution in [1.82, 2.24) is 4.98 Å². The number of carbonyl (C=O) groups is 1. The maximum Gasteiger partial charge on any atom is 0.380 e. The molecule has 86 valence electrons. The van der Waals surface area contributed by atoms with Crippen molar-refractivity contribution in [3.05, 3.63) is 27.3 Å². The summed E-state index contributed by atoms with van der Waals surface area (Å²) in [5.41, 5.74) is 2.90. The van der Waals surface area contributed by atoms with Gasteiger partial charge in [-0.2, -0.15) is 0 Å². The summed E-state index contributed by atoms with van der Waals surface area (Å²) in [6.07, 6.45) is -3.19. The molecule has 0 aliphatic heterocycles. The van der Waals surface area contributed by atoms with Gasteiger partial charge in [0.2, 0.25) is 5.82 Å². The van der Waals surface area contributed by atoms with E-state index in [4.69, 9.17) is 10.8 Å². The third kappa shape index (κ3) is 2.02. The van der Waals surface area contributed by atoms with Gasteiger partial charge in [-0.3, -0.25) is 0 Å². The van der Waals surface area contributed by atoms with Crippen molar-refractivity contribution in [1.29, 1.82) is 0 Å². The number of aromatic carboxylic acids is 1. The average Bonchev–Trinajstić information content (AvgIpc) is 2.15. The largest absolute Gasteiger partial charge is 0.477 e. The second-order valence-corrected chi connectivity index (χ2v) is 2.70. The first-order valence-corrected chi connectivity index (χ1v) is 3.80. The number of carboxylic acids is 1. The molecule has 1 rings (SSSR count). The van der Waals surface area contributed by atoms with Gasteiger partial charge < -0.3 is 21.0 Å². The summed E-state index contributed by atoms with van der Waals surface area (Å²) in [4.78, 5) is 23.0. The third-order valence-corrected chi connectivity index (χ3v) is 1.67. The quantitative estimate of drug-likeness (QED) is 0.598. The zero-order valence-electron chi connectivity index (χ0n) is 7.55. The molecule has 0 fully saturated rings. The summed E-state index contributed by atoms with van der Waals surface area (Å²) >= 11 is 0. The monoisotopic (exact) mass is 233 g/mol. The minimum atomic E-state index is -3.19. The Labute approximate surface area is 86.7 Å². The lowest BCUT2D eigenvalue weighted by Crippen LogP contribution is -2.11. The molecule has 0 amide bonds. The van der Waals surface area contributed by atoms with Gasteiger partial charge in [-0.05, 0) is 9.91 Å². The number of pyridine rings is 1. The fourth-order valence-corrected chi connectivity index (χ4v) is 1.09. The van der Waals surface area contributed by atoms with E-state index in [1.807, 2.05) is 0 Å². The van der Waals surface area contributed by atoms with Crippen LogP contribution in [0.25, 0.3) is 0 Å². The number of alkyl halides is 2. The van der Waals surface area contributed by atoms with E-state index >= 15 is 0 Å². The molecule has 1 aromatic heterocycles. The molecule has 0 aromatic carbocycles. The molecule has 0 aliphatic rings. The van der Waals surface area contributed by atoms with E-state index in [1.165, 1.54) is 0 Å². The van der Waals surface area contributed by atoms with Crippen molar-refractivity contribution in [2.45, 2.75) is 6.43 Å². The van der Waals surface area contributed by atoms with E-state index in [0.29, 0.717) is 6.07 Å². The van der Waals surface area contributed by atoms with E-state index in [1.54, 1.807) is 0 Å². The van der Waals surface area contributed by atoms with Crippen LogP contribution >= 0.6 is 0 Å². The fraction of sp³-hybridized carbons (Fsp3) is 0.143. The fourth-order valence-electron chi connectivity index (χ4n) is 1.09. The van der Waals surface area contributed by atoms with Crippen LogP contribution in [0.15, 0.2) is 6.07 Å². The van der Waals surface area contributed by atoms with E-state index < -0.39 is 40.1 Å². The lowest BCUT2D eigenvalue weighted by molar-refractivity contribution is -0.389. The first-order valence-electron chi connectivity index (χ1n) is 3.80. The summed E-state index contributed by atoms with van der Waals surface area (Å²) in [7, 11) is 0. The predicted octanol–water partition coefficient (Wildman–Crippen LogP) is 1.21. The highest BCUT2D eigenvalue weighted by molar-refractivity contribution is 5.93. The van der Waals surface area contributed by atoms with Crippen molar-refractivity contribution in [3.8, 4) is 0 Å². The lowest BCUT2D eigenvalue weighted by Gasteiger charge is -2.05. The van der Waals surface area contributed by atoms with Gasteiger partial charge >= 0.3 is 11.8 Å². The maximum absolute atomic E-state index is 12.4. The van der Waals surface area contributed by atoms with Gasteiger partial charge in [-0.15, -0.1) is 0 Å². The molecular formula is C7H5F2N3O4. The highest BCUT2D eigenvalue weighted by Gasteiger charge is 2.30. The highest BCUT2D eigenvalue weighted by Crippen LogP contribution is 2.30. The molecule has 7 nitrogen and oxygen atoms in total. The Bertz CT molecular complexity index is 463. The van der Waals surface area contributed by atoms with Crippen LogP contribution in [-0.2, 0) is 0 Å². The molecule has 9 heteroatoms. The van der Waals surface area contributed by atoms with Crippen LogP contribution in [0.1, 0.15) is 22.3 Å². The summed E-state index contributed by atoms with van der Waals surface area (Å²) in [5, 5.41) is 19.0. The van der Waals surface area contributed by atoms with Gasteiger partial charge in [-0.25, -0.2) is 13.6 Å². The van der Waals surface area contributed by atoms with Gasteiger partial charge in [-0.1, -0.05) is 0 Å². The molecule has 0 aliphatic carbocycles. The maximum atomic E-state index is 12.4. The van der Waals surface area contributed by atoms with Crippen molar-refractivity contribution in [3.63, 3.8) is 0 Å². The number of hydrogen-bond acceptors (Lipinski definition) is 5. The molecule has 1 aromatic rings. The minimum Gasteiger partial charge on any atom is -0.477 e. The number of rotatable bonds is 3. The van der Waals surface area contributed by atoms with Crippen LogP contribution in [0.3, 0.4) is 0 Å². The molecule has 16 heavy (non-hydrogen) atoms. The normalized spacial score (nSPS) is 10.4. The Balaban J connectivity index is 3.60. The SMILES string of the molecule is Nc1cc(C(F)F)c(C(=O)O)c([N+](=O)[O-])n1. The zero-order valence-corrected chi connectivity index (χ0v) is 7.55. The molecule has 0 saturated carbocycles. The molecule has 0 unspecified atom stereocenters. The van der Waals surface area contributed by atoms with Gasteiger partial charge in [0.15, 0.2) is 5.56 Å². The smallest absolute Gasteiger partial charge is 0.380 e. The number of nitrogens with zero attached hydrogens (tertiary/aromatic N) is 2. The van der Waals surface area contributed by atoms with Gasteiger partial charge in [0.05, 0.1) is 0 Å². The second kappa shape index (κ2) is 4.04. The summed E-state index contributed by atoms with van der Waals surface area (Å²) in [6, 6.07) is 0.598. The molecule has 0 spiro atoms. The molecule has 1 heterocycles. The lowest BCUT2D eigenvalue weighted by atomic mass is 10.1. The van der Waals surface area contributed by atoms with Crippen LogP contribution < -0.4 is 5.73 Å². The second-order valence-electron chi connectivity index (χ2n) is 2.70. The first kappa shape index (κ1) is 11.8. The Kier molecular flexibility index (Phi) is 2.97. The van der Waals surface area contributed by atoms with E-state index in [2.05, 4.69) is 4.98 Å². The van der Waals surface area contributed by atoms with Crippen LogP contribution in [0.2, 0.25) is 0 Å². The Morgan fingerprint density at radius 2 is 2.19 bits per heavy atom. The average molecular weight is 233 g/mol. The van der Waals surface area contributed by atoms with Crippen LogP contribution in [0.5, 0.6) is 0 Å². The van der Waals surface area contributed by atoms with Crippen molar-refractivity contribution >= 4 is 17.6 Å². The number of hydrogen-bond donors (Lipinski definition) is 2. The number of aromatic nitrogens is 1. The zero-order chi connectivity index (χ0) is 12.5. The predicted molar refractivity (Wildman–Crippen MR) is 47.2 cm³/mol. The number of nitrogens with two attached hydrogens (primary N) is 1. The van der Waals surface area contributed by atoms with Crippen LogP contribution in [0.4, 0.5) is 20.4 Å². The van der Waals surface area contributed by atoms with Crippen LogP contribution in [-0.4, -0.2) is 21.0 Å². The third-order valence-electron chi connectivity index (χ3n) is 1.67. The van der Waals surface area contributed by atoms with Crippen molar-refractivity contribution < 1.29 is 23.6 Å². The molecule has 0 atom stereocenters. The number of anilines is 1. The standard InChI is InChI=1S/C7H5F2N3O4/c8-5(9)2-1-3(10)11-6(12(15)16)4(2)7(13)14/h1,5H,(H2,10,11)(H,13,14). The van der Waals surface area contributed by atoms with Gasteiger partial charge in [0.1, 0.15) is 0 Å². The molecular weight excluding hydrogens is 228 g/mol. The Hall–Kier alpha value is -2.32. The molecule has 0 bridgehead atoms. The number of halogens is 2. The van der Waals surface area contributed by atoms with Gasteiger partial charge in [0.25, 0.3) is 6.43 Å². The summed E-state index contributed by atoms with van der Waals surface area (Å²) < 4.78 is 24.9. The number of nitro groups is 1. The number of nitrogen functional groups attached to an aromatic ring is 1. The molecule has 0 radical (unpaired) electrons. The summed E-state index contributed by atoms with van der Waals surface area (Å²) in [6.45, 7) is 0. The van der Waals surface area contributed by atoms with E-state index in [0.717, 1.165) is 0 Å². The summed E-state index contributed by atoms with van der Waals surface area (Å²) in [5.74, 6) is -3.58. The first-order chi connectivity index (χ1) is 7.34. The minimum absolute atomic E-state index is 0.535. The highest BCUT2D eigenvalue weighted by atomic mass is 19.3. The van der Waals surface area contributed by atoms with Crippen LogP contribution in [0, 0.1) is 10.1 Å². The molecule has 0 saturated heterocycles.